The molecule has 0 spiro atoms. The summed E-state index contributed by atoms with van der Waals surface area (Å²) < 4.78 is 5.42. The first-order chi connectivity index (χ1) is 7.86. The van der Waals surface area contributed by atoms with Crippen LogP contribution < -0.4 is 4.74 Å². The fourth-order valence-corrected chi connectivity index (χ4v) is 2.56. The Hall–Kier alpha value is -0.950. The average Bonchev–Trinajstić information content (AvgIpc) is 2.35. The molecular weight excluding hydrogens is 220 g/mol. The van der Waals surface area contributed by atoms with E-state index in [0.717, 1.165) is 12.2 Å². The molecule has 0 radical (unpaired) electrons. The third-order valence-corrected chi connectivity index (χ3v) is 3.37. The van der Waals surface area contributed by atoms with E-state index in [2.05, 4.69) is 18.2 Å². The van der Waals surface area contributed by atoms with Crippen LogP contribution in [0, 0.1) is 0 Å². The SMILES string of the molecule is COc1cccc2c1CCCC2C=CCCl. The third kappa shape index (κ3) is 2.25. The number of alkyl halides is 1. The molecule has 0 saturated heterocycles. The summed E-state index contributed by atoms with van der Waals surface area (Å²) in [6, 6.07) is 6.33. The molecule has 0 N–H and O–H groups in total. The average molecular weight is 237 g/mol. The van der Waals surface area contributed by atoms with Gasteiger partial charge in [-0.1, -0.05) is 24.3 Å². The first-order valence-electron chi connectivity index (χ1n) is 5.75. The number of rotatable bonds is 3. The van der Waals surface area contributed by atoms with E-state index in [4.69, 9.17) is 16.3 Å². The minimum absolute atomic E-state index is 0.512. The maximum atomic E-state index is 5.69. The smallest absolute Gasteiger partial charge is 0.122 e. The van der Waals surface area contributed by atoms with Gasteiger partial charge < -0.3 is 4.74 Å². The Morgan fingerprint density at radius 1 is 1.50 bits per heavy atom. The summed E-state index contributed by atoms with van der Waals surface area (Å²) in [6.07, 6.45) is 7.84. The van der Waals surface area contributed by atoms with Gasteiger partial charge in [-0.2, -0.15) is 0 Å². The van der Waals surface area contributed by atoms with Crippen molar-refractivity contribution in [2.75, 3.05) is 13.0 Å². The fourth-order valence-electron chi connectivity index (χ4n) is 2.46. The quantitative estimate of drug-likeness (QED) is 0.571. The fraction of sp³-hybridized carbons (Fsp3) is 0.429. The Morgan fingerprint density at radius 2 is 2.38 bits per heavy atom. The number of hydrogen-bond acceptors (Lipinski definition) is 1. The second kappa shape index (κ2) is 5.40. The molecule has 2 heteroatoms. The van der Waals surface area contributed by atoms with E-state index < -0.39 is 0 Å². The van der Waals surface area contributed by atoms with Gasteiger partial charge in [0.15, 0.2) is 0 Å². The van der Waals surface area contributed by atoms with E-state index in [-0.39, 0.29) is 0 Å². The van der Waals surface area contributed by atoms with Crippen molar-refractivity contribution in [2.24, 2.45) is 0 Å². The van der Waals surface area contributed by atoms with Crippen LogP contribution in [0.5, 0.6) is 5.75 Å². The summed E-state index contributed by atoms with van der Waals surface area (Å²) in [7, 11) is 1.74. The van der Waals surface area contributed by atoms with E-state index in [1.165, 1.54) is 24.0 Å². The highest BCUT2D eigenvalue weighted by Crippen LogP contribution is 2.37. The van der Waals surface area contributed by atoms with Crippen molar-refractivity contribution >= 4 is 11.6 Å². The maximum Gasteiger partial charge on any atom is 0.122 e. The lowest BCUT2D eigenvalue weighted by molar-refractivity contribution is 0.405. The molecule has 0 amide bonds. The first-order valence-corrected chi connectivity index (χ1v) is 6.28. The number of hydrogen-bond donors (Lipinski definition) is 0. The highest BCUT2D eigenvalue weighted by molar-refractivity contribution is 6.18. The van der Waals surface area contributed by atoms with Gasteiger partial charge in [-0.15, -0.1) is 11.6 Å². The molecule has 1 aliphatic rings. The number of ether oxygens (including phenoxy) is 1. The van der Waals surface area contributed by atoms with Crippen LogP contribution in [0.2, 0.25) is 0 Å². The van der Waals surface area contributed by atoms with Gasteiger partial charge in [0.1, 0.15) is 5.75 Å². The molecule has 86 valence electrons. The topological polar surface area (TPSA) is 9.23 Å². The van der Waals surface area contributed by atoms with E-state index >= 15 is 0 Å². The highest BCUT2D eigenvalue weighted by atomic mass is 35.5. The molecule has 0 aliphatic heterocycles. The van der Waals surface area contributed by atoms with Gasteiger partial charge in [0.05, 0.1) is 7.11 Å². The second-order valence-electron chi connectivity index (χ2n) is 4.11. The van der Waals surface area contributed by atoms with Crippen molar-refractivity contribution in [3.8, 4) is 5.75 Å². The number of halogens is 1. The van der Waals surface area contributed by atoms with Gasteiger partial charge in [-0.3, -0.25) is 0 Å². The van der Waals surface area contributed by atoms with Crippen LogP contribution in [0.3, 0.4) is 0 Å². The standard InChI is InChI=1S/C14H17ClO/c1-16-14-9-3-7-12-11(6-4-10-15)5-2-8-13(12)14/h3-4,6-7,9,11H,2,5,8,10H2,1H3. The Morgan fingerprint density at radius 3 is 3.12 bits per heavy atom. The van der Waals surface area contributed by atoms with Gasteiger partial charge in [-0.05, 0) is 36.5 Å². The van der Waals surface area contributed by atoms with Gasteiger partial charge in [0.2, 0.25) is 0 Å². The normalized spacial score (nSPS) is 19.8. The molecular formula is C14H17ClO. The van der Waals surface area contributed by atoms with Crippen molar-refractivity contribution < 1.29 is 4.74 Å². The number of fused-ring (bicyclic) bond motifs is 1. The zero-order valence-corrected chi connectivity index (χ0v) is 10.3. The molecule has 0 fully saturated rings. The minimum Gasteiger partial charge on any atom is -0.496 e. The van der Waals surface area contributed by atoms with Crippen molar-refractivity contribution in [2.45, 2.75) is 25.2 Å². The zero-order chi connectivity index (χ0) is 11.4. The lowest BCUT2D eigenvalue weighted by Gasteiger charge is -2.24. The monoisotopic (exact) mass is 236 g/mol. The molecule has 1 unspecified atom stereocenters. The molecule has 1 nitrogen and oxygen atoms in total. The Kier molecular flexibility index (Phi) is 3.89. The van der Waals surface area contributed by atoms with Crippen LogP contribution in [0.15, 0.2) is 30.4 Å². The summed E-state index contributed by atoms with van der Waals surface area (Å²) in [4.78, 5) is 0. The van der Waals surface area contributed by atoms with Crippen LogP contribution in [0.4, 0.5) is 0 Å². The second-order valence-corrected chi connectivity index (χ2v) is 4.42. The van der Waals surface area contributed by atoms with Crippen molar-refractivity contribution in [1.82, 2.24) is 0 Å². The molecule has 0 aromatic heterocycles. The van der Waals surface area contributed by atoms with Crippen molar-refractivity contribution in [3.05, 3.63) is 41.5 Å². The Labute approximate surface area is 102 Å². The predicted molar refractivity (Wildman–Crippen MR) is 68.5 cm³/mol. The predicted octanol–water partition coefficient (Wildman–Crippen LogP) is 3.91. The number of allylic oxidation sites excluding steroid dienone is 2. The number of benzene rings is 1. The minimum atomic E-state index is 0.512. The van der Waals surface area contributed by atoms with Crippen molar-refractivity contribution in [3.63, 3.8) is 0 Å². The summed E-state index contributed by atoms with van der Waals surface area (Å²) >= 11 is 5.69. The third-order valence-electron chi connectivity index (χ3n) is 3.19. The Balaban J connectivity index is 2.35. The lowest BCUT2D eigenvalue weighted by atomic mass is 9.82. The van der Waals surface area contributed by atoms with Crippen LogP contribution >= 0.6 is 11.6 Å². The van der Waals surface area contributed by atoms with Crippen LogP contribution in [-0.2, 0) is 6.42 Å². The summed E-state index contributed by atoms with van der Waals surface area (Å²) in [5.74, 6) is 2.13. The summed E-state index contributed by atoms with van der Waals surface area (Å²) in [5.41, 5.74) is 2.78. The summed E-state index contributed by atoms with van der Waals surface area (Å²) in [6.45, 7) is 0. The van der Waals surface area contributed by atoms with Crippen LogP contribution in [-0.4, -0.2) is 13.0 Å². The molecule has 1 aromatic rings. The zero-order valence-electron chi connectivity index (χ0n) is 9.58. The molecule has 2 rings (SSSR count). The molecule has 1 aliphatic carbocycles. The van der Waals surface area contributed by atoms with Crippen molar-refractivity contribution in [1.29, 1.82) is 0 Å². The summed E-state index contributed by atoms with van der Waals surface area (Å²) in [5, 5.41) is 0. The Bertz CT molecular complexity index is 384. The molecule has 0 saturated carbocycles. The van der Waals surface area contributed by atoms with Gasteiger partial charge in [0.25, 0.3) is 0 Å². The largest absolute Gasteiger partial charge is 0.496 e. The van der Waals surface area contributed by atoms with Gasteiger partial charge in [-0.25, -0.2) is 0 Å². The van der Waals surface area contributed by atoms with Gasteiger partial charge in [0, 0.05) is 11.8 Å². The van der Waals surface area contributed by atoms with E-state index in [1.54, 1.807) is 7.11 Å². The molecule has 1 aromatic carbocycles. The maximum absolute atomic E-state index is 5.69. The van der Waals surface area contributed by atoms with E-state index in [9.17, 15) is 0 Å². The lowest BCUT2D eigenvalue weighted by Crippen LogP contribution is -2.09. The molecule has 1 atom stereocenters. The molecule has 16 heavy (non-hydrogen) atoms. The van der Waals surface area contributed by atoms with E-state index in [1.807, 2.05) is 12.1 Å². The van der Waals surface area contributed by atoms with Crippen LogP contribution in [0.1, 0.15) is 29.9 Å². The van der Waals surface area contributed by atoms with Gasteiger partial charge >= 0.3 is 0 Å². The molecule has 0 bridgehead atoms. The highest BCUT2D eigenvalue weighted by Gasteiger charge is 2.20. The number of methoxy groups -OCH3 is 1. The van der Waals surface area contributed by atoms with E-state index in [0.29, 0.717) is 11.8 Å². The first kappa shape index (κ1) is 11.5. The van der Waals surface area contributed by atoms with Crippen LogP contribution in [0.25, 0.3) is 0 Å². The molecule has 0 heterocycles.